The Bertz CT molecular complexity index is 692. The third kappa shape index (κ3) is 3.95. The highest BCUT2D eigenvalue weighted by Gasteiger charge is 2.13. The van der Waals surface area contributed by atoms with E-state index in [1.165, 1.54) is 6.07 Å². The normalized spacial score (nSPS) is 10.5. The van der Waals surface area contributed by atoms with Gasteiger partial charge in [-0.25, -0.2) is 9.07 Å². The number of nitrogens with zero attached hydrogens (tertiary/aromatic N) is 5. The molecule has 9 nitrogen and oxygen atoms in total. The number of hydrogen-bond donors (Lipinski definition) is 1. The fourth-order valence-corrected chi connectivity index (χ4v) is 2.30. The van der Waals surface area contributed by atoms with Crippen LogP contribution in [0.2, 0.25) is 0 Å². The van der Waals surface area contributed by atoms with E-state index < -0.39 is 23.3 Å². The fraction of sp³-hybridized carbons (Fsp3) is 0.200. The molecule has 2 rings (SSSR count). The van der Waals surface area contributed by atoms with Crippen LogP contribution in [0.1, 0.15) is 5.56 Å². The minimum atomic E-state index is -1.11. The summed E-state index contributed by atoms with van der Waals surface area (Å²) in [4.78, 5) is 20.6. The van der Waals surface area contributed by atoms with Crippen molar-refractivity contribution in [1.29, 1.82) is 0 Å². The zero-order valence-corrected chi connectivity index (χ0v) is 11.2. The van der Waals surface area contributed by atoms with Gasteiger partial charge in [0.05, 0.1) is 11.0 Å². The van der Waals surface area contributed by atoms with E-state index in [9.17, 15) is 19.3 Å². The summed E-state index contributed by atoms with van der Waals surface area (Å²) in [7, 11) is 0. The second-order valence-corrected chi connectivity index (χ2v) is 4.82. The lowest BCUT2D eigenvalue weighted by atomic mass is 10.2. The van der Waals surface area contributed by atoms with Crippen LogP contribution in [0, 0.1) is 15.9 Å². The molecule has 0 aliphatic heterocycles. The van der Waals surface area contributed by atoms with Crippen molar-refractivity contribution in [2.24, 2.45) is 0 Å². The van der Waals surface area contributed by atoms with E-state index in [0.717, 1.165) is 28.6 Å². The van der Waals surface area contributed by atoms with E-state index in [4.69, 9.17) is 5.11 Å². The molecule has 0 aliphatic carbocycles. The van der Waals surface area contributed by atoms with E-state index in [0.29, 0.717) is 5.56 Å². The third-order valence-corrected chi connectivity index (χ3v) is 3.33. The number of carbonyl (C=O) groups is 1. The van der Waals surface area contributed by atoms with Gasteiger partial charge in [0, 0.05) is 11.8 Å². The molecule has 0 amide bonds. The first-order valence-electron chi connectivity index (χ1n) is 5.50. The first kappa shape index (κ1) is 14.8. The molecule has 0 saturated heterocycles. The molecule has 0 atom stereocenters. The maximum atomic E-state index is 13.3. The zero-order valence-electron chi connectivity index (χ0n) is 10.3. The molecule has 1 N–H and O–H groups in total. The van der Waals surface area contributed by atoms with Gasteiger partial charge >= 0.3 is 5.97 Å². The van der Waals surface area contributed by atoms with Crippen LogP contribution in [0.3, 0.4) is 0 Å². The van der Waals surface area contributed by atoms with Crippen LogP contribution < -0.4 is 0 Å². The van der Waals surface area contributed by atoms with Crippen LogP contribution in [0.4, 0.5) is 10.1 Å². The maximum absolute atomic E-state index is 13.3. The quantitative estimate of drug-likeness (QED) is 0.477. The fourth-order valence-electron chi connectivity index (χ4n) is 1.50. The minimum absolute atomic E-state index is 0.165. The molecule has 0 saturated carbocycles. The van der Waals surface area contributed by atoms with Crippen LogP contribution in [0.5, 0.6) is 0 Å². The summed E-state index contributed by atoms with van der Waals surface area (Å²) < 4.78 is 14.3. The Labute approximate surface area is 120 Å². The number of carboxylic acid groups (broad SMARTS) is 1. The predicted octanol–water partition coefficient (Wildman–Crippen LogP) is 1.10. The van der Waals surface area contributed by atoms with E-state index in [2.05, 4.69) is 15.5 Å². The van der Waals surface area contributed by atoms with Crippen molar-refractivity contribution in [3.05, 3.63) is 39.7 Å². The van der Waals surface area contributed by atoms with Gasteiger partial charge in [-0.15, -0.1) is 5.10 Å². The van der Waals surface area contributed by atoms with E-state index >= 15 is 0 Å². The number of tetrazole rings is 1. The van der Waals surface area contributed by atoms with Gasteiger partial charge in [0.15, 0.2) is 0 Å². The molecule has 110 valence electrons. The van der Waals surface area contributed by atoms with Gasteiger partial charge in [0.2, 0.25) is 5.16 Å². The van der Waals surface area contributed by atoms with E-state index in [1.54, 1.807) is 0 Å². The van der Waals surface area contributed by atoms with Gasteiger partial charge in [-0.05, 0) is 22.1 Å². The average molecular weight is 313 g/mol. The summed E-state index contributed by atoms with van der Waals surface area (Å²) in [5.41, 5.74) is 0.0207. The van der Waals surface area contributed by atoms with Crippen LogP contribution in [0.15, 0.2) is 23.4 Å². The SMILES string of the molecule is O=C(O)Cn1nnnc1SCc1cc(F)cc([N+](=O)[O-])c1. The number of nitro groups is 1. The molecule has 1 aromatic heterocycles. The molecule has 1 heterocycles. The largest absolute Gasteiger partial charge is 0.480 e. The Morgan fingerprint density at radius 1 is 1.48 bits per heavy atom. The van der Waals surface area contributed by atoms with Crippen LogP contribution >= 0.6 is 11.8 Å². The third-order valence-electron chi connectivity index (χ3n) is 2.31. The number of carboxylic acids is 1. The van der Waals surface area contributed by atoms with Gasteiger partial charge in [-0.3, -0.25) is 14.9 Å². The van der Waals surface area contributed by atoms with Gasteiger partial charge in [0.1, 0.15) is 12.4 Å². The summed E-state index contributed by atoms with van der Waals surface area (Å²) in [5, 5.41) is 30.0. The number of nitro benzene ring substituents is 1. The zero-order chi connectivity index (χ0) is 15.4. The molecule has 0 unspecified atom stereocenters. The Morgan fingerprint density at radius 2 is 2.24 bits per heavy atom. The highest BCUT2D eigenvalue weighted by molar-refractivity contribution is 7.98. The second kappa shape index (κ2) is 6.26. The summed E-state index contributed by atoms with van der Waals surface area (Å²) in [6.07, 6.45) is 0. The maximum Gasteiger partial charge on any atom is 0.325 e. The molecule has 0 fully saturated rings. The Kier molecular flexibility index (Phi) is 4.42. The van der Waals surface area contributed by atoms with Crippen molar-refractivity contribution in [2.45, 2.75) is 17.5 Å². The van der Waals surface area contributed by atoms with Gasteiger partial charge in [-0.2, -0.15) is 0 Å². The number of aromatic nitrogens is 4. The molecular formula is C10H8FN5O4S. The van der Waals surface area contributed by atoms with Crippen molar-refractivity contribution >= 4 is 23.4 Å². The molecule has 0 radical (unpaired) electrons. The highest BCUT2D eigenvalue weighted by atomic mass is 32.2. The lowest BCUT2D eigenvalue weighted by molar-refractivity contribution is -0.385. The topological polar surface area (TPSA) is 124 Å². The molecule has 0 bridgehead atoms. The number of benzene rings is 1. The Hall–Kier alpha value is -2.56. The van der Waals surface area contributed by atoms with Crippen LogP contribution in [-0.2, 0) is 17.1 Å². The number of thioether (sulfide) groups is 1. The standard InChI is InChI=1S/C10H8FN5O4S/c11-7-1-6(2-8(3-7)16(19)20)5-21-10-12-13-14-15(10)4-9(17)18/h1-3H,4-5H2,(H,17,18). The molecule has 11 heteroatoms. The smallest absolute Gasteiger partial charge is 0.325 e. The average Bonchev–Trinajstić information content (AvgIpc) is 2.82. The first-order valence-corrected chi connectivity index (χ1v) is 6.49. The lowest BCUT2D eigenvalue weighted by Crippen LogP contribution is -2.11. The number of halogens is 1. The number of rotatable bonds is 6. The molecule has 2 aromatic rings. The number of non-ortho nitro benzene ring substituents is 1. The Balaban J connectivity index is 2.11. The minimum Gasteiger partial charge on any atom is -0.480 e. The molecule has 0 aliphatic rings. The highest BCUT2D eigenvalue weighted by Crippen LogP contribution is 2.23. The van der Waals surface area contributed by atoms with Crippen molar-refractivity contribution in [1.82, 2.24) is 20.2 Å². The predicted molar refractivity (Wildman–Crippen MR) is 68.1 cm³/mol. The van der Waals surface area contributed by atoms with E-state index in [1.807, 2.05) is 0 Å². The molecule has 21 heavy (non-hydrogen) atoms. The van der Waals surface area contributed by atoms with Gasteiger partial charge in [-0.1, -0.05) is 11.8 Å². The summed E-state index contributed by atoms with van der Waals surface area (Å²) in [6, 6.07) is 3.22. The summed E-state index contributed by atoms with van der Waals surface area (Å²) in [6.45, 7) is -0.404. The van der Waals surface area contributed by atoms with Crippen LogP contribution in [-0.4, -0.2) is 36.2 Å². The lowest BCUT2D eigenvalue weighted by Gasteiger charge is -2.02. The number of aliphatic carboxylic acids is 1. The molecule has 1 aromatic carbocycles. The first-order chi connectivity index (χ1) is 9.95. The van der Waals surface area contributed by atoms with Crippen molar-refractivity contribution in [2.75, 3.05) is 0 Å². The van der Waals surface area contributed by atoms with Crippen molar-refractivity contribution < 1.29 is 19.2 Å². The second-order valence-electron chi connectivity index (χ2n) is 3.88. The van der Waals surface area contributed by atoms with E-state index in [-0.39, 0.29) is 16.6 Å². The molecule has 0 spiro atoms. The number of hydrogen-bond acceptors (Lipinski definition) is 7. The summed E-state index contributed by atoms with van der Waals surface area (Å²) in [5.74, 6) is -1.66. The van der Waals surface area contributed by atoms with Gasteiger partial charge < -0.3 is 5.11 Å². The summed E-state index contributed by atoms with van der Waals surface area (Å²) >= 11 is 1.05. The molecular weight excluding hydrogens is 305 g/mol. The Morgan fingerprint density at radius 3 is 2.90 bits per heavy atom. The van der Waals surface area contributed by atoms with Gasteiger partial charge in [0.25, 0.3) is 5.69 Å². The van der Waals surface area contributed by atoms with Crippen molar-refractivity contribution in [3.63, 3.8) is 0 Å². The monoisotopic (exact) mass is 313 g/mol. The van der Waals surface area contributed by atoms with Crippen LogP contribution in [0.25, 0.3) is 0 Å². The van der Waals surface area contributed by atoms with Crippen molar-refractivity contribution in [3.8, 4) is 0 Å².